The third-order valence-electron chi connectivity index (χ3n) is 3.94. The number of nitrogens with one attached hydrogen (secondary N) is 1. The Labute approximate surface area is 123 Å². The topological polar surface area (TPSA) is 21.3 Å². The Balaban J connectivity index is 2.06. The Hall–Kier alpha value is -0.860. The van der Waals surface area contributed by atoms with E-state index in [1.165, 1.54) is 5.56 Å². The third kappa shape index (κ3) is 4.92. The molecule has 1 heterocycles. The highest BCUT2D eigenvalue weighted by Crippen LogP contribution is 2.30. The van der Waals surface area contributed by atoms with Gasteiger partial charge in [-0.05, 0) is 37.2 Å². The highest BCUT2D eigenvalue weighted by atomic mass is 16.5. The second-order valence-corrected chi connectivity index (χ2v) is 7.30. The molecule has 0 amide bonds. The van der Waals surface area contributed by atoms with E-state index in [2.05, 4.69) is 63.3 Å². The molecule has 1 fully saturated rings. The van der Waals surface area contributed by atoms with Gasteiger partial charge in [0.25, 0.3) is 0 Å². The Kier molecular flexibility index (Phi) is 5.22. The molecule has 0 aliphatic carbocycles. The summed E-state index contributed by atoms with van der Waals surface area (Å²) in [4.78, 5) is 0. The van der Waals surface area contributed by atoms with Gasteiger partial charge in [0.15, 0.2) is 0 Å². The largest absolute Gasteiger partial charge is 0.378 e. The summed E-state index contributed by atoms with van der Waals surface area (Å²) in [5.41, 5.74) is 1.73. The van der Waals surface area contributed by atoms with Crippen molar-refractivity contribution < 1.29 is 4.74 Å². The smallest absolute Gasteiger partial charge is 0.0561 e. The maximum atomic E-state index is 5.66. The predicted octanol–water partition coefficient (Wildman–Crippen LogP) is 4.32. The first-order valence-corrected chi connectivity index (χ1v) is 7.86. The van der Waals surface area contributed by atoms with Crippen LogP contribution in [-0.2, 0) is 4.74 Å². The monoisotopic (exact) mass is 275 g/mol. The van der Waals surface area contributed by atoms with Crippen LogP contribution in [0.1, 0.15) is 58.6 Å². The summed E-state index contributed by atoms with van der Waals surface area (Å²) in [5.74, 6) is 0. The lowest BCUT2D eigenvalue weighted by Gasteiger charge is -2.34. The molecule has 3 unspecified atom stereocenters. The fourth-order valence-corrected chi connectivity index (χ4v) is 3.00. The van der Waals surface area contributed by atoms with Crippen molar-refractivity contribution in [2.75, 3.05) is 6.61 Å². The van der Waals surface area contributed by atoms with Crippen molar-refractivity contribution in [1.82, 2.24) is 5.32 Å². The van der Waals surface area contributed by atoms with Crippen LogP contribution in [0.5, 0.6) is 0 Å². The highest BCUT2D eigenvalue weighted by molar-refractivity contribution is 5.19. The predicted molar refractivity (Wildman–Crippen MR) is 84.8 cm³/mol. The molecule has 0 saturated carbocycles. The first-order chi connectivity index (χ1) is 9.44. The van der Waals surface area contributed by atoms with Crippen LogP contribution in [0, 0.1) is 5.41 Å². The van der Waals surface area contributed by atoms with Crippen LogP contribution in [0.3, 0.4) is 0 Å². The molecule has 2 heteroatoms. The van der Waals surface area contributed by atoms with Gasteiger partial charge < -0.3 is 10.1 Å². The summed E-state index contributed by atoms with van der Waals surface area (Å²) in [5, 5.41) is 3.88. The van der Waals surface area contributed by atoms with Crippen LogP contribution in [0.2, 0.25) is 0 Å². The van der Waals surface area contributed by atoms with Crippen LogP contribution in [0.15, 0.2) is 30.3 Å². The van der Waals surface area contributed by atoms with Gasteiger partial charge in [0.05, 0.1) is 6.10 Å². The molecule has 1 aliphatic heterocycles. The Morgan fingerprint density at radius 3 is 2.55 bits per heavy atom. The van der Waals surface area contributed by atoms with E-state index in [-0.39, 0.29) is 0 Å². The molecule has 1 saturated heterocycles. The van der Waals surface area contributed by atoms with Crippen molar-refractivity contribution in [3.63, 3.8) is 0 Å². The molecule has 2 rings (SSSR count). The molecule has 0 aromatic heterocycles. The van der Waals surface area contributed by atoms with Gasteiger partial charge in [0.2, 0.25) is 0 Å². The van der Waals surface area contributed by atoms with Crippen molar-refractivity contribution in [3.8, 4) is 0 Å². The van der Waals surface area contributed by atoms with Crippen LogP contribution in [0.4, 0.5) is 0 Å². The molecule has 1 aliphatic rings. The highest BCUT2D eigenvalue weighted by Gasteiger charge is 2.25. The van der Waals surface area contributed by atoms with E-state index in [0.717, 1.165) is 25.9 Å². The molecule has 1 aromatic carbocycles. The molecular weight excluding hydrogens is 246 g/mol. The summed E-state index contributed by atoms with van der Waals surface area (Å²) < 4.78 is 5.66. The number of hydrogen-bond acceptors (Lipinski definition) is 2. The van der Waals surface area contributed by atoms with Gasteiger partial charge in [-0.1, -0.05) is 51.1 Å². The van der Waals surface area contributed by atoms with Gasteiger partial charge in [-0.25, -0.2) is 0 Å². The molecular formula is C18H29NO. The number of rotatable bonds is 4. The molecule has 1 N–H and O–H groups in total. The van der Waals surface area contributed by atoms with E-state index in [4.69, 9.17) is 4.74 Å². The van der Waals surface area contributed by atoms with Gasteiger partial charge in [-0.2, -0.15) is 0 Å². The quantitative estimate of drug-likeness (QED) is 0.883. The average Bonchev–Trinajstić information content (AvgIpc) is 2.37. The minimum absolute atomic E-state index is 0.324. The molecule has 0 radical (unpaired) electrons. The zero-order valence-electron chi connectivity index (χ0n) is 13.4. The van der Waals surface area contributed by atoms with Gasteiger partial charge in [-0.15, -0.1) is 0 Å². The van der Waals surface area contributed by atoms with Gasteiger partial charge in [0.1, 0.15) is 0 Å². The first kappa shape index (κ1) is 15.5. The van der Waals surface area contributed by atoms with E-state index in [1.54, 1.807) is 0 Å². The third-order valence-corrected chi connectivity index (χ3v) is 3.94. The molecule has 0 spiro atoms. The number of hydrogen-bond donors (Lipinski definition) is 1. The summed E-state index contributed by atoms with van der Waals surface area (Å²) in [6.45, 7) is 10.0. The van der Waals surface area contributed by atoms with Crippen LogP contribution >= 0.6 is 0 Å². The van der Waals surface area contributed by atoms with E-state index >= 15 is 0 Å². The molecule has 20 heavy (non-hydrogen) atoms. The second kappa shape index (κ2) is 6.73. The van der Waals surface area contributed by atoms with Crippen molar-refractivity contribution in [1.29, 1.82) is 0 Å². The van der Waals surface area contributed by atoms with Crippen molar-refractivity contribution in [3.05, 3.63) is 35.9 Å². The maximum absolute atomic E-state index is 5.66. The van der Waals surface area contributed by atoms with E-state index in [0.29, 0.717) is 23.6 Å². The zero-order valence-corrected chi connectivity index (χ0v) is 13.4. The number of ether oxygens (including phenoxy) is 1. The molecule has 0 bridgehead atoms. The minimum atomic E-state index is 0.324. The standard InChI is InChI=1S/C18H29NO/c1-14-12-16(10-11-20-14)19-17(13-18(2,3)4)15-8-6-5-7-9-15/h5-9,14,16-17,19H,10-13H2,1-4H3. The van der Waals surface area contributed by atoms with Gasteiger partial charge >= 0.3 is 0 Å². The van der Waals surface area contributed by atoms with Crippen molar-refractivity contribution in [2.24, 2.45) is 5.41 Å². The zero-order chi connectivity index (χ0) is 14.6. The fourth-order valence-electron chi connectivity index (χ4n) is 3.00. The van der Waals surface area contributed by atoms with Crippen LogP contribution in [-0.4, -0.2) is 18.8 Å². The minimum Gasteiger partial charge on any atom is -0.378 e. The molecule has 3 atom stereocenters. The lowest BCUT2D eigenvalue weighted by Crippen LogP contribution is -2.41. The van der Waals surface area contributed by atoms with Crippen molar-refractivity contribution >= 4 is 0 Å². The molecule has 112 valence electrons. The Bertz CT molecular complexity index is 396. The van der Waals surface area contributed by atoms with E-state index in [1.807, 2.05) is 0 Å². The van der Waals surface area contributed by atoms with Crippen LogP contribution < -0.4 is 5.32 Å². The lowest BCUT2D eigenvalue weighted by atomic mass is 9.84. The molecule has 2 nitrogen and oxygen atoms in total. The lowest BCUT2D eigenvalue weighted by molar-refractivity contribution is 0.0102. The first-order valence-electron chi connectivity index (χ1n) is 7.86. The van der Waals surface area contributed by atoms with E-state index < -0.39 is 0 Å². The maximum Gasteiger partial charge on any atom is 0.0561 e. The SMILES string of the molecule is CC1CC(NC(CC(C)(C)C)c2ccccc2)CCO1. The van der Waals surface area contributed by atoms with E-state index in [9.17, 15) is 0 Å². The summed E-state index contributed by atoms with van der Waals surface area (Å²) in [6.07, 6.45) is 3.78. The number of benzene rings is 1. The Morgan fingerprint density at radius 2 is 1.95 bits per heavy atom. The Morgan fingerprint density at radius 1 is 1.25 bits per heavy atom. The second-order valence-electron chi connectivity index (χ2n) is 7.30. The normalized spacial score (nSPS) is 25.4. The van der Waals surface area contributed by atoms with Crippen molar-refractivity contribution in [2.45, 2.75) is 65.1 Å². The van der Waals surface area contributed by atoms with Gasteiger partial charge in [-0.3, -0.25) is 0 Å². The summed E-state index contributed by atoms with van der Waals surface area (Å²) >= 11 is 0. The van der Waals surface area contributed by atoms with Gasteiger partial charge in [0, 0.05) is 18.7 Å². The summed E-state index contributed by atoms with van der Waals surface area (Å²) in [7, 11) is 0. The fraction of sp³-hybridized carbons (Fsp3) is 0.667. The summed E-state index contributed by atoms with van der Waals surface area (Å²) in [6, 6.07) is 11.9. The van der Waals surface area contributed by atoms with Crippen LogP contribution in [0.25, 0.3) is 0 Å². The average molecular weight is 275 g/mol. The molecule has 1 aromatic rings.